The van der Waals surface area contributed by atoms with E-state index in [0.717, 1.165) is 17.8 Å². The van der Waals surface area contributed by atoms with E-state index in [-0.39, 0.29) is 0 Å². The van der Waals surface area contributed by atoms with E-state index in [1.54, 1.807) is 0 Å². The molecule has 104 valence electrons. The van der Waals surface area contributed by atoms with Gasteiger partial charge in [-0.1, -0.05) is 42.8 Å². The number of rotatable bonds is 3. The van der Waals surface area contributed by atoms with E-state index in [1.165, 1.54) is 16.7 Å². The smallest absolute Gasteiger partial charge is 0.175 e. The summed E-state index contributed by atoms with van der Waals surface area (Å²) in [5, 5.41) is 7.15. The first-order chi connectivity index (χ1) is 9.60. The van der Waals surface area contributed by atoms with Gasteiger partial charge in [0.05, 0.1) is 0 Å². The van der Waals surface area contributed by atoms with Crippen LogP contribution in [0, 0.1) is 13.8 Å². The molecule has 0 fully saturated rings. The van der Waals surface area contributed by atoms with Crippen molar-refractivity contribution in [3.8, 4) is 0 Å². The Labute approximate surface area is 126 Å². The Balaban J connectivity index is 2.10. The number of para-hydroxylation sites is 1. The monoisotopic (exact) mass is 284 g/mol. The van der Waals surface area contributed by atoms with Crippen LogP contribution in [0.1, 0.15) is 23.6 Å². The van der Waals surface area contributed by atoms with E-state index >= 15 is 0 Å². The van der Waals surface area contributed by atoms with Crippen LogP contribution in [-0.4, -0.2) is 5.11 Å². The predicted octanol–water partition coefficient (Wildman–Crippen LogP) is 4.67. The first kappa shape index (κ1) is 14.5. The SMILES string of the molecule is CCc1cccc(C)c1NC(=S)Nc1ccc(C)cc1. The number of nitrogens with one attached hydrogen (secondary N) is 2. The van der Waals surface area contributed by atoms with E-state index in [4.69, 9.17) is 12.2 Å². The zero-order valence-electron chi connectivity index (χ0n) is 12.2. The molecule has 0 amide bonds. The Morgan fingerprint density at radius 2 is 1.70 bits per heavy atom. The van der Waals surface area contributed by atoms with Crippen LogP contribution in [0.4, 0.5) is 11.4 Å². The van der Waals surface area contributed by atoms with Gasteiger partial charge in [0.25, 0.3) is 0 Å². The van der Waals surface area contributed by atoms with E-state index in [2.05, 4.69) is 61.7 Å². The summed E-state index contributed by atoms with van der Waals surface area (Å²) in [5.74, 6) is 0. The minimum absolute atomic E-state index is 0.623. The molecule has 0 saturated heterocycles. The molecular weight excluding hydrogens is 264 g/mol. The van der Waals surface area contributed by atoms with Gasteiger partial charge in [-0.3, -0.25) is 0 Å². The van der Waals surface area contributed by atoms with Crippen LogP contribution in [0.15, 0.2) is 42.5 Å². The summed E-state index contributed by atoms with van der Waals surface area (Å²) >= 11 is 5.40. The molecule has 2 N–H and O–H groups in total. The Morgan fingerprint density at radius 1 is 1.00 bits per heavy atom. The Kier molecular flexibility index (Phi) is 4.74. The maximum absolute atomic E-state index is 5.40. The van der Waals surface area contributed by atoms with Crippen LogP contribution in [0.5, 0.6) is 0 Å². The summed E-state index contributed by atoms with van der Waals surface area (Å²) in [4.78, 5) is 0. The number of hydrogen-bond donors (Lipinski definition) is 2. The molecule has 0 aliphatic carbocycles. The third kappa shape index (κ3) is 3.58. The molecule has 2 nitrogen and oxygen atoms in total. The molecule has 0 heterocycles. The summed E-state index contributed by atoms with van der Waals surface area (Å²) in [6.07, 6.45) is 0.983. The van der Waals surface area contributed by atoms with E-state index in [0.29, 0.717) is 5.11 Å². The number of hydrogen-bond acceptors (Lipinski definition) is 1. The third-order valence-electron chi connectivity index (χ3n) is 3.29. The number of thiocarbonyl (C=S) groups is 1. The minimum atomic E-state index is 0.623. The van der Waals surface area contributed by atoms with Crippen LogP contribution in [0.25, 0.3) is 0 Å². The molecule has 2 aromatic rings. The van der Waals surface area contributed by atoms with Crippen LogP contribution in [0.2, 0.25) is 0 Å². The van der Waals surface area contributed by atoms with Gasteiger partial charge >= 0.3 is 0 Å². The molecule has 0 aliphatic rings. The van der Waals surface area contributed by atoms with Gasteiger partial charge < -0.3 is 10.6 Å². The zero-order chi connectivity index (χ0) is 14.5. The molecule has 2 aromatic carbocycles. The van der Waals surface area contributed by atoms with Gasteiger partial charge in [0, 0.05) is 11.4 Å². The lowest BCUT2D eigenvalue weighted by Gasteiger charge is -2.16. The number of aryl methyl sites for hydroxylation is 3. The van der Waals surface area contributed by atoms with Crippen LogP contribution in [0.3, 0.4) is 0 Å². The minimum Gasteiger partial charge on any atom is -0.332 e. The third-order valence-corrected chi connectivity index (χ3v) is 3.49. The molecule has 0 atom stereocenters. The normalized spacial score (nSPS) is 10.2. The fraction of sp³-hybridized carbons (Fsp3) is 0.235. The molecule has 0 unspecified atom stereocenters. The van der Waals surface area contributed by atoms with Gasteiger partial charge in [-0.15, -0.1) is 0 Å². The summed E-state index contributed by atoms with van der Waals surface area (Å²) < 4.78 is 0. The van der Waals surface area contributed by atoms with Crippen molar-refractivity contribution in [2.24, 2.45) is 0 Å². The average molecular weight is 284 g/mol. The van der Waals surface area contributed by atoms with Gasteiger partial charge in [0.15, 0.2) is 5.11 Å². The van der Waals surface area contributed by atoms with Crippen LogP contribution < -0.4 is 10.6 Å². The fourth-order valence-electron chi connectivity index (χ4n) is 2.11. The van der Waals surface area contributed by atoms with Gasteiger partial charge in [-0.2, -0.15) is 0 Å². The van der Waals surface area contributed by atoms with E-state index in [1.807, 2.05) is 12.1 Å². The predicted molar refractivity (Wildman–Crippen MR) is 91.6 cm³/mol. The largest absolute Gasteiger partial charge is 0.332 e. The van der Waals surface area contributed by atoms with Crippen LogP contribution >= 0.6 is 12.2 Å². The molecular formula is C17H20N2S. The molecule has 0 saturated carbocycles. The first-order valence-corrected chi connectivity index (χ1v) is 7.24. The second-order valence-electron chi connectivity index (χ2n) is 4.91. The maximum atomic E-state index is 5.40. The molecule has 2 rings (SSSR count). The zero-order valence-corrected chi connectivity index (χ0v) is 13.0. The quantitative estimate of drug-likeness (QED) is 0.801. The van der Waals surface area contributed by atoms with Crippen molar-refractivity contribution in [2.45, 2.75) is 27.2 Å². The molecule has 0 spiro atoms. The fourth-order valence-corrected chi connectivity index (χ4v) is 2.33. The van der Waals surface area contributed by atoms with Crippen molar-refractivity contribution in [3.63, 3.8) is 0 Å². The van der Waals surface area contributed by atoms with Crippen molar-refractivity contribution in [2.75, 3.05) is 10.6 Å². The van der Waals surface area contributed by atoms with Gasteiger partial charge in [0.2, 0.25) is 0 Å². The Hall–Kier alpha value is -1.87. The van der Waals surface area contributed by atoms with E-state index in [9.17, 15) is 0 Å². The highest BCUT2D eigenvalue weighted by Gasteiger charge is 2.06. The Morgan fingerprint density at radius 3 is 2.35 bits per heavy atom. The van der Waals surface area contributed by atoms with Crippen molar-refractivity contribution in [1.82, 2.24) is 0 Å². The van der Waals surface area contributed by atoms with E-state index < -0.39 is 0 Å². The molecule has 0 radical (unpaired) electrons. The van der Waals surface area contributed by atoms with Crippen molar-refractivity contribution >= 4 is 28.7 Å². The summed E-state index contributed by atoms with van der Waals surface area (Å²) in [5.41, 5.74) is 5.83. The Bertz CT molecular complexity index is 603. The summed E-state index contributed by atoms with van der Waals surface area (Å²) in [7, 11) is 0. The second kappa shape index (κ2) is 6.53. The topological polar surface area (TPSA) is 24.1 Å². The van der Waals surface area contributed by atoms with Gasteiger partial charge in [-0.25, -0.2) is 0 Å². The van der Waals surface area contributed by atoms with Crippen molar-refractivity contribution in [1.29, 1.82) is 0 Å². The first-order valence-electron chi connectivity index (χ1n) is 6.83. The average Bonchev–Trinajstić information content (AvgIpc) is 2.43. The molecule has 0 aromatic heterocycles. The lowest BCUT2D eigenvalue weighted by atomic mass is 10.1. The lowest BCUT2D eigenvalue weighted by Crippen LogP contribution is -2.20. The maximum Gasteiger partial charge on any atom is 0.175 e. The lowest BCUT2D eigenvalue weighted by molar-refractivity contribution is 1.13. The molecule has 20 heavy (non-hydrogen) atoms. The van der Waals surface area contributed by atoms with Gasteiger partial charge in [-0.05, 0) is 55.7 Å². The van der Waals surface area contributed by atoms with Gasteiger partial charge in [0.1, 0.15) is 0 Å². The molecule has 0 aliphatic heterocycles. The summed E-state index contributed by atoms with van der Waals surface area (Å²) in [6, 6.07) is 14.5. The molecule has 0 bridgehead atoms. The van der Waals surface area contributed by atoms with Crippen LogP contribution in [-0.2, 0) is 6.42 Å². The molecule has 3 heteroatoms. The van der Waals surface area contributed by atoms with Crippen molar-refractivity contribution < 1.29 is 0 Å². The highest BCUT2D eigenvalue weighted by Crippen LogP contribution is 2.21. The summed E-state index contributed by atoms with van der Waals surface area (Å²) in [6.45, 7) is 6.31. The highest BCUT2D eigenvalue weighted by molar-refractivity contribution is 7.80. The highest BCUT2D eigenvalue weighted by atomic mass is 32.1. The standard InChI is InChI=1S/C17H20N2S/c1-4-14-7-5-6-13(3)16(14)19-17(20)18-15-10-8-12(2)9-11-15/h5-11H,4H2,1-3H3,(H2,18,19,20). The number of anilines is 2. The second-order valence-corrected chi connectivity index (χ2v) is 5.32. The van der Waals surface area contributed by atoms with Crippen molar-refractivity contribution in [3.05, 3.63) is 59.2 Å². The number of benzene rings is 2.